The van der Waals surface area contributed by atoms with Crippen LogP contribution in [-0.2, 0) is 4.74 Å². The van der Waals surface area contributed by atoms with Gasteiger partial charge in [0, 0.05) is 19.1 Å². The maximum atomic E-state index is 11.8. The lowest BCUT2D eigenvalue weighted by Gasteiger charge is -2.26. The van der Waals surface area contributed by atoms with Crippen LogP contribution in [0.2, 0.25) is 0 Å². The Morgan fingerprint density at radius 1 is 1.35 bits per heavy atom. The molecule has 0 saturated carbocycles. The summed E-state index contributed by atoms with van der Waals surface area (Å²) in [6, 6.07) is -0.537. The van der Waals surface area contributed by atoms with Crippen LogP contribution in [-0.4, -0.2) is 41.8 Å². The second-order valence-corrected chi connectivity index (χ2v) is 5.02. The third-order valence-electron chi connectivity index (χ3n) is 1.62. The number of hydrogen-bond acceptors (Lipinski definition) is 4. The summed E-state index contributed by atoms with van der Waals surface area (Å²) in [5.41, 5.74) is 4.73. The Kier molecular flexibility index (Phi) is 5.95. The summed E-state index contributed by atoms with van der Waals surface area (Å²) in [5, 5.41) is 2.62. The number of hydrogen-bond donors (Lipinski definition) is 2. The van der Waals surface area contributed by atoms with E-state index in [1.54, 1.807) is 20.8 Å². The summed E-state index contributed by atoms with van der Waals surface area (Å²) in [4.78, 5) is 24.5. The summed E-state index contributed by atoms with van der Waals surface area (Å²) >= 11 is 0. The third kappa shape index (κ3) is 6.78. The highest BCUT2D eigenvalue weighted by Crippen LogP contribution is 2.09. The zero-order chi connectivity index (χ0) is 13.6. The third-order valence-corrected chi connectivity index (χ3v) is 1.62. The minimum absolute atomic E-state index is 0.0507. The van der Waals surface area contributed by atoms with Crippen molar-refractivity contribution in [2.45, 2.75) is 46.3 Å². The van der Waals surface area contributed by atoms with Gasteiger partial charge >= 0.3 is 12.1 Å². The number of imide groups is 1. The average molecular weight is 245 g/mol. The van der Waals surface area contributed by atoms with Gasteiger partial charge in [-0.3, -0.25) is 0 Å². The number of urea groups is 1. The predicted octanol–water partition coefficient (Wildman–Crippen LogP) is 1.30. The Bertz CT molecular complexity index is 272. The van der Waals surface area contributed by atoms with Crippen LogP contribution in [0.15, 0.2) is 0 Å². The molecule has 0 aromatic rings. The van der Waals surface area contributed by atoms with Gasteiger partial charge in [0.2, 0.25) is 0 Å². The quantitative estimate of drug-likeness (QED) is 0.785. The highest BCUT2D eigenvalue weighted by Gasteiger charge is 2.26. The largest absolute Gasteiger partial charge is 0.443 e. The topological polar surface area (TPSA) is 84.7 Å². The zero-order valence-electron chi connectivity index (χ0n) is 11.2. The van der Waals surface area contributed by atoms with Gasteiger partial charge in [0.05, 0.1) is 0 Å². The molecule has 0 aromatic heterocycles. The van der Waals surface area contributed by atoms with E-state index in [9.17, 15) is 9.59 Å². The Labute approximate surface area is 102 Å². The number of carbonyl (C=O) groups is 2. The van der Waals surface area contributed by atoms with Crippen molar-refractivity contribution < 1.29 is 14.3 Å². The van der Waals surface area contributed by atoms with Gasteiger partial charge in [0.25, 0.3) is 0 Å². The fraction of sp³-hybridized carbons (Fsp3) is 0.818. The SMILES string of the molecule is CC(C)NC(=O)N(CCN)C(=O)OC(C)(C)C. The monoisotopic (exact) mass is 245 g/mol. The summed E-state index contributed by atoms with van der Waals surface area (Å²) < 4.78 is 5.13. The van der Waals surface area contributed by atoms with Crippen molar-refractivity contribution in [3.8, 4) is 0 Å². The molecular weight excluding hydrogens is 222 g/mol. The zero-order valence-corrected chi connectivity index (χ0v) is 11.2. The van der Waals surface area contributed by atoms with E-state index < -0.39 is 17.7 Å². The maximum Gasteiger partial charge on any atom is 0.418 e. The summed E-state index contributed by atoms with van der Waals surface area (Å²) in [6.45, 7) is 9.18. The number of nitrogens with two attached hydrogens (primary N) is 1. The van der Waals surface area contributed by atoms with Gasteiger partial charge in [-0.1, -0.05) is 0 Å². The molecule has 0 saturated heterocycles. The molecule has 0 aromatic carbocycles. The van der Waals surface area contributed by atoms with E-state index >= 15 is 0 Å². The molecule has 3 amide bonds. The number of amides is 3. The van der Waals surface area contributed by atoms with E-state index in [2.05, 4.69) is 5.32 Å². The van der Waals surface area contributed by atoms with Gasteiger partial charge in [-0.15, -0.1) is 0 Å². The van der Waals surface area contributed by atoms with Crippen LogP contribution in [0.5, 0.6) is 0 Å². The molecule has 0 bridgehead atoms. The van der Waals surface area contributed by atoms with Crippen LogP contribution in [0, 0.1) is 0 Å². The fourth-order valence-electron chi connectivity index (χ4n) is 1.05. The summed E-state index contributed by atoms with van der Waals surface area (Å²) in [7, 11) is 0. The lowest BCUT2D eigenvalue weighted by Crippen LogP contribution is -2.49. The van der Waals surface area contributed by atoms with Crippen LogP contribution in [0.4, 0.5) is 9.59 Å². The van der Waals surface area contributed by atoms with Gasteiger partial charge < -0.3 is 15.8 Å². The summed E-state index contributed by atoms with van der Waals surface area (Å²) in [6.07, 6.45) is -0.680. The van der Waals surface area contributed by atoms with Gasteiger partial charge in [-0.05, 0) is 34.6 Å². The van der Waals surface area contributed by atoms with Crippen molar-refractivity contribution in [1.29, 1.82) is 0 Å². The molecule has 0 atom stereocenters. The molecular formula is C11H23N3O3. The Balaban J connectivity index is 4.61. The highest BCUT2D eigenvalue weighted by atomic mass is 16.6. The first-order valence-electron chi connectivity index (χ1n) is 5.68. The first-order chi connectivity index (χ1) is 7.67. The Morgan fingerprint density at radius 2 is 1.88 bits per heavy atom. The number of nitrogens with zero attached hydrogens (tertiary/aromatic N) is 1. The lowest BCUT2D eigenvalue weighted by atomic mass is 10.2. The molecule has 0 rings (SSSR count). The van der Waals surface area contributed by atoms with E-state index in [1.165, 1.54) is 0 Å². The smallest absolute Gasteiger partial charge is 0.418 e. The van der Waals surface area contributed by atoms with Gasteiger partial charge in [-0.25, -0.2) is 14.5 Å². The number of nitrogens with one attached hydrogen (secondary N) is 1. The lowest BCUT2D eigenvalue weighted by molar-refractivity contribution is 0.0324. The van der Waals surface area contributed by atoms with Crippen LogP contribution in [0.25, 0.3) is 0 Å². The van der Waals surface area contributed by atoms with E-state index in [0.29, 0.717) is 0 Å². The van der Waals surface area contributed by atoms with Crippen LogP contribution in [0.1, 0.15) is 34.6 Å². The standard InChI is InChI=1S/C11H23N3O3/c1-8(2)13-9(15)14(7-6-12)10(16)17-11(3,4)5/h8H,6-7,12H2,1-5H3,(H,13,15). The van der Waals surface area contributed by atoms with E-state index in [0.717, 1.165) is 4.90 Å². The molecule has 6 nitrogen and oxygen atoms in total. The van der Waals surface area contributed by atoms with Crippen molar-refractivity contribution in [2.75, 3.05) is 13.1 Å². The Hall–Kier alpha value is -1.30. The first-order valence-corrected chi connectivity index (χ1v) is 5.68. The highest BCUT2D eigenvalue weighted by molar-refractivity contribution is 5.91. The van der Waals surface area contributed by atoms with Gasteiger partial charge in [0.1, 0.15) is 5.60 Å². The molecule has 3 N–H and O–H groups in total. The van der Waals surface area contributed by atoms with Crippen molar-refractivity contribution in [1.82, 2.24) is 10.2 Å². The van der Waals surface area contributed by atoms with Crippen molar-refractivity contribution in [3.63, 3.8) is 0 Å². The molecule has 0 radical (unpaired) electrons. The molecule has 100 valence electrons. The van der Waals surface area contributed by atoms with E-state index in [-0.39, 0.29) is 19.1 Å². The molecule has 0 aliphatic carbocycles. The van der Waals surface area contributed by atoms with Crippen molar-refractivity contribution >= 4 is 12.1 Å². The molecule has 17 heavy (non-hydrogen) atoms. The van der Waals surface area contributed by atoms with Crippen LogP contribution >= 0.6 is 0 Å². The minimum Gasteiger partial charge on any atom is -0.443 e. The fourth-order valence-corrected chi connectivity index (χ4v) is 1.05. The second-order valence-electron chi connectivity index (χ2n) is 5.02. The van der Waals surface area contributed by atoms with Crippen LogP contribution in [0.3, 0.4) is 0 Å². The maximum absolute atomic E-state index is 11.8. The molecule has 6 heteroatoms. The molecule has 0 heterocycles. The Morgan fingerprint density at radius 3 is 2.24 bits per heavy atom. The normalized spacial score (nSPS) is 11.2. The number of rotatable bonds is 3. The van der Waals surface area contributed by atoms with Crippen molar-refractivity contribution in [2.24, 2.45) is 5.73 Å². The van der Waals surface area contributed by atoms with E-state index in [4.69, 9.17) is 10.5 Å². The number of ether oxygens (including phenoxy) is 1. The average Bonchev–Trinajstić information content (AvgIpc) is 2.09. The number of carbonyl (C=O) groups excluding carboxylic acids is 2. The molecule has 0 spiro atoms. The van der Waals surface area contributed by atoms with E-state index in [1.807, 2.05) is 13.8 Å². The molecule has 0 aliphatic heterocycles. The predicted molar refractivity (Wildman–Crippen MR) is 65.7 cm³/mol. The van der Waals surface area contributed by atoms with Crippen LogP contribution < -0.4 is 11.1 Å². The minimum atomic E-state index is -0.680. The second kappa shape index (κ2) is 6.44. The molecule has 0 aliphatic rings. The van der Waals surface area contributed by atoms with Gasteiger partial charge in [-0.2, -0.15) is 0 Å². The molecule has 0 fully saturated rings. The van der Waals surface area contributed by atoms with Crippen molar-refractivity contribution in [3.05, 3.63) is 0 Å². The summed E-state index contributed by atoms with van der Waals surface area (Å²) in [5.74, 6) is 0. The first kappa shape index (κ1) is 15.7. The molecule has 0 unspecified atom stereocenters. The van der Waals surface area contributed by atoms with Gasteiger partial charge in [0.15, 0.2) is 0 Å².